The first-order valence-electron chi connectivity index (χ1n) is 11.7. The maximum absolute atomic E-state index is 4.59. The minimum atomic E-state index is 0.675. The van der Waals surface area contributed by atoms with E-state index < -0.39 is 0 Å². The Labute approximate surface area is 166 Å². The third-order valence-corrected chi connectivity index (χ3v) is 6.63. The van der Waals surface area contributed by atoms with Crippen LogP contribution in [-0.2, 0) is 0 Å². The van der Waals surface area contributed by atoms with Gasteiger partial charge in [0, 0.05) is 0 Å². The fourth-order valence-corrected chi connectivity index (χ4v) is 4.44. The van der Waals surface area contributed by atoms with Crippen LogP contribution in [-0.4, -0.2) is 0 Å². The summed E-state index contributed by atoms with van der Waals surface area (Å²) in [6.45, 7) is 22.8. The predicted octanol–water partition coefficient (Wildman–Crippen LogP) is 9.22. The standard InChI is InChI=1S/C26H50/c1-9-13-14-15-16-18-24(17-10-2)20-26(21(5)6)23(8)19-25(12-4)22(7)11-3/h10,21-22,24-26H,2,8-9,11-20H2,1,3-7H3. The summed E-state index contributed by atoms with van der Waals surface area (Å²) in [6, 6.07) is 0. The first-order chi connectivity index (χ1) is 12.4. The summed E-state index contributed by atoms with van der Waals surface area (Å²) in [5.74, 6) is 3.78. The normalized spacial score (nSPS) is 16.3. The van der Waals surface area contributed by atoms with Crippen LogP contribution in [0.25, 0.3) is 0 Å². The van der Waals surface area contributed by atoms with Crippen molar-refractivity contribution in [3.05, 3.63) is 24.8 Å². The number of allylic oxidation sites excluding steroid dienone is 2. The van der Waals surface area contributed by atoms with Gasteiger partial charge in [0.25, 0.3) is 0 Å². The first kappa shape index (κ1) is 25.5. The van der Waals surface area contributed by atoms with Crippen LogP contribution < -0.4 is 0 Å². The molecule has 0 aliphatic heterocycles. The van der Waals surface area contributed by atoms with E-state index in [4.69, 9.17) is 0 Å². The van der Waals surface area contributed by atoms with Gasteiger partial charge in [-0.05, 0) is 48.9 Å². The quantitative estimate of drug-likeness (QED) is 0.179. The van der Waals surface area contributed by atoms with Gasteiger partial charge in [-0.25, -0.2) is 0 Å². The Morgan fingerprint density at radius 1 is 0.923 bits per heavy atom. The largest absolute Gasteiger partial charge is 0.103 e. The lowest BCUT2D eigenvalue weighted by Crippen LogP contribution is -2.20. The molecule has 0 bridgehead atoms. The lowest BCUT2D eigenvalue weighted by atomic mass is 9.74. The van der Waals surface area contributed by atoms with Gasteiger partial charge in [-0.15, -0.1) is 6.58 Å². The van der Waals surface area contributed by atoms with Crippen molar-refractivity contribution in [3.8, 4) is 0 Å². The zero-order valence-electron chi connectivity index (χ0n) is 19.2. The second-order valence-electron chi connectivity index (χ2n) is 9.10. The predicted molar refractivity (Wildman–Crippen MR) is 122 cm³/mol. The summed E-state index contributed by atoms with van der Waals surface area (Å²) in [4.78, 5) is 0. The molecule has 0 spiro atoms. The van der Waals surface area contributed by atoms with Crippen molar-refractivity contribution in [2.45, 2.75) is 112 Å². The molecule has 0 amide bonds. The van der Waals surface area contributed by atoms with E-state index in [-0.39, 0.29) is 0 Å². The molecule has 0 fully saturated rings. The SMILES string of the molecule is C=CCC(CCCCCCC)CC(C(=C)CC(CC)C(C)CC)C(C)C. The van der Waals surface area contributed by atoms with Gasteiger partial charge in [0.2, 0.25) is 0 Å². The van der Waals surface area contributed by atoms with Crippen molar-refractivity contribution in [1.82, 2.24) is 0 Å². The Morgan fingerprint density at radius 3 is 2.08 bits per heavy atom. The van der Waals surface area contributed by atoms with Crippen LogP contribution in [0, 0.1) is 29.6 Å². The average molecular weight is 363 g/mol. The summed E-state index contributed by atoms with van der Waals surface area (Å²) in [5, 5.41) is 0. The van der Waals surface area contributed by atoms with Crippen LogP contribution in [0.4, 0.5) is 0 Å². The van der Waals surface area contributed by atoms with Gasteiger partial charge >= 0.3 is 0 Å². The molecule has 26 heavy (non-hydrogen) atoms. The zero-order chi connectivity index (χ0) is 19.9. The highest BCUT2D eigenvalue weighted by atomic mass is 14.3. The van der Waals surface area contributed by atoms with E-state index in [0.29, 0.717) is 11.8 Å². The van der Waals surface area contributed by atoms with Gasteiger partial charge in [0.05, 0.1) is 0 Å². The lowest BCUT2D eigenvalue weighted by molar-refractivity contribution is 0.281. The van der Waals surface area contributed by atoms with Gasteiger partial charge in [-0.1, -0.05) is 111 Å². The van der Waals surface area contributed by atoms with Gasteiger partial charge in [0.1, 0.15) is 0 Å². The Morgan fingerprint density at radius 2 is 1.58 bits per heavy atom. The molecule has 0 rings (SSSR count). The molecule has 4 unspecified atom stereocenters. The van der Waals surface area contributed by atoms with Crippen LogP contribution in [0.3, 0.4) is 0 Å². The highest BCUT2D eigenvalue weighted by Crippen LogP contribution is 2.36. The zero-order valence-corrected chi connectivity index (χ0v) is 19.2. The Balaban J connectivity index is 4.75. The molecule has 0 aliphatic rings. The smallest absolute Gasteiger partial charge is 0.0180 e. The third kappa shape index (κ3) is 10.6. The molecular weight excluding hydrogens is 312 g/mol. The lowest BCUT2D eigenvalue weighted by Gasteiger charge is -2.31. The van der Waals surface area contributed by atoms with Crippen molar-refractivity contribution in [3.63, 3.8) is 0 Å². The van der Waals surface area contributed by atoms with Gasteiger partial charge in [-0.2, -0.15) is 0 Å². The fraction of sp³-hybridized carbons (Fsp3) is 0.846. The van der Waals surface area contributed by atoms with E-state index in [1.54, 1.807) is 0 Å². The molecule has 0 N–H and O–H groups in total. The first-order valence-corrected chi connectivity index (χ1v) is 11.7. The highest BCUT2D eigenvalue weighted by molar-refractivity contribution is 5.04. The monoisotopic (exact) mass is 362 g/mol. The Hall–Kier alpha value is -0.520. The maximum atomic E-state index is 4.59. The van der Waals surface area contributed by atoms with E-state index in [0.717, 1.165) is 17.8 Å². The second-order valence-corrected chi connectivity index (χ2v) is 9.10. The molecule has 0 nitrogen and oxygen atoms in total. The van der Waals surface area contributed by atoms with E-state index >= 15 is 0 Å². The Kier molecular flexibility index (Phi) is 15.2. The molecule has 0 radical (unpaired) electrons. The third-order valence-electron chi connectivity index (χ3n) is 6.63. The Bertz CT molecular complexity index is 351. The van der Waals surface area contributed by atoms with Crippen molar-refractivity contribution in [2.24, 2.45) is 29.6 Å². The highest BCUT2D eigenvalue weighted by Gasteiger charge is 2.24. The number of unbranched alkanes of at least 4 members (excludes halogenated alkanes) is 4. The van der Waals surface area contributed by atoms with E-state index in [2.05, 4.69) is 60.8 Å². The summed E-state index contributed by atoms with van der Waals surface area (Å²) in [7, 11) is 0. The summed E-state index contributed by atoms with van der Waals surface area (Å²) in [6.07, 6.45) is 16.7. The summed E-state index contributed by atoms with van der Waals surface area (Å²) >= 11 is 0. The number of hydrogen-bond donors (Lipinski definition) is 0. The van der Waals surface area contributed by atoms with Crippen LogP contribution in [0.1, 0.15) is 112 Å². The van der Waals surface area contributed by atoms with Crippen molar-refractivity contribution in [2.75, 3.05) is 0 Å². The fourth-order valence-electron chi connectivity index (χ4n) is 4.44. The van der Waals surface area contributed by atoms with Crippen LogP contribution in [0.2, 0.25) is 0 Å². The van der Waals surface area contributed by atoms with Crippen LogP contribution >= 0.6 is 0 Å². The van der Waals surface area contributed by atoms with Gasteiger partial charge in [-0.3, -0.25) is 0 Å². The number of hydrogen-bond acceptors (Lipinski definition) is 0. The van der Waals surface area contributed by atoms with E-state index in [1.807, 2.05) is 0 Å². The molecule has 0 aliphatic carbocycles. The molecule has 4 atom stereocenters. The summed E-state index contributed by atoms with van der Waals surface area (Å²) in [5.41, 5.74) is 1.52. The molecule has 0 aromatic carbocycles. The minimum absolute atomic E-state index is 0.675. The maximum Gasteiger partial charge on any atom is -0.0180 e. The molecule has 154 valence electrons. The van der Waals surface area contributed by atoms with E-state index in [1.165, 1.54) is 76.2 Å². The van der Waals surface area contributed by atoms with Crippen LogP contribution in [0.15, 0.2) is 24.8 Å². The van der Waals surface area contributed by atoms with Gasteiger partial charge in [0.15, 0.2) is 0 Å². The van der Waals surface area contributed by atoms with Crippen molar-refractivity contribution in [1.29, 1.82) is 0 Å². The number of rotatable bonds is 17. The molecule has 0 saturated carbocycles. The van der Waals surface area contributed by atoms with Crippen LogP contribution in [0.5, 0.6) is 0 Å². The van der Waals surface area contributed by atoms with Crippen molar-refractivity contribution < 1.29 is 0 Å². The summed E-state index contributed by atoms with van der Waals surface area (Å²) < 4.78 is 0. The molecule has 0 aromatic rings. The van der Waals surface area contributed by atoms with Crippen molar-refractivity contribution >= 4 is 0 Å². The molecule has 0 aromatic heterocycles. The molecular formula is C26H50. The average Bonchev–Trinajstić information content (AvgIpc) is 2.62. The minimum Gasteiger partial charge on any atom is -0.103 e. The molecule has 0 heterocycles. The second kappa shape index (κ2) is 15.5. The van der Waals surface area contributed by atoms with Gasteiger partial charge < -0.3 is 0 Å². The topological polar surface area (TPSA) is 0 Å². The molecule has 0 heteroatoms. The van der Waals surface area contributed by atoms with E-state index in [9.17, 15) is 0 Å². The molecule has 0 saturated heterocycles.